The van der Waals surface area contributed by atoms with Gasteiger partial charge in [0.1, 0.15) is 0 Å². The Morgan fingerprint density at radius 3 is 2.06 bits per heavy atom. The van der Waals surface area contributed by atoms with Crippen LogP contribution < -0.4 is 0 Å². The summed E-state index contributed by atoms with van der Waals surface area (Å²) < 4.78 is 0. The van der Waals surface area contributed by atoms with Crippen molar-refractivity contribution >= 4 is 23.2 Å². The van der Waals surface area contributed by atoms with Crippen molar-refractivity contribution < 1.29 is 5.11 Å². The highest BCUT2D eigenvalue weighted by Crippen LogP contribution is 2.39. The van der Waals surface area contributed by atoms with Crippen molar-refractivity contribution in [2.45, 2.75) is 51.5 Å². The largest absolute Gasteiger partial charge is 0.388 e. The molecule has 102 valence electrons. The zero-order valence-corrected chi connectivity index (χ0v) is 13.0. The summed E-state index contributed by atoms with van der Waals surface area (Å²) in [6, 6.07) is 7.73. The minimum absolute atomic E-state index is 0.249. The maximum atomic E-state index is 10.8. The van der Waals surface area contributed by atoms with E-state index in [-0.39, 0.29) is 10.8 Å². The van der Waals surface area contributed by atoms with E-state index in [0.29, 0.717) is 6.42 Å². The summed E-state index contributed by atoms with van der Waals surface area (Å²) in [5.74, 6) is 0. The van der Waals surface area contributed by atoms with Crippen molar-refractivity contribution in [1.82, 2.24) is 0 Å². The molecule has 0 saturated carbocycles. The van der Waals surface area contributed by atoms with Crippen molar-refractivity contribution in [1.29, 1.82) is 0 Å². The first kappa shape index (κ1) is 15.8. The maximum absolute atomic E-state index is 10.8. The summed E-state index contributed by atoms with van der Waals surface area (Å²) in [6.45, 7) is 7.92. The van der Waals surface area contributed by atoms with Crippen LogP contribution in [0.15, 0.2) is 24.3 Å². The minimum atomic E-state index is -0.881. The van der Waals surface area contributed by atoms with E-state index < -0.39 is 5.60 Å². The quantitative estimate of drug-likeness (QED) is 0.798. The third-order valence-corrected chi connectivity index (χ3v) is 4.28. The fraction of sp³-hybridized carbons (Fsp3) is 0.600. The van der Waals surface area contributed by atoms with Gasteiger partial charge in [-0.1, -0.05) is 44.5 Å². The molecule has 0 aromatic heterocycles. The van der Waals surface area contributed by atoms with Gasteiger partial charge in [-0.2, -0.15) is 0 Å². The summed E-state index contributed by atoms with van der Waals surface area (Å²) >= 11 is 12.0. The molecule has 3 heteroatoms. The summed E-state index contributed by atoms with van der Waals surface area (Å²) in [7, 11) is 0. The average molecular weight is 289 g/mol. The Balaban J connectivity index is 2.78. The number of aliphatic hydroxyl groups is 1. The molecule has 1 aromatic carbocycles. The van der Waals surface area contributed by atoms with E-state index in [1.807, 2.05) is 52.0 Å². The fourth-order valence-electron chi connectivity index (χ4n) is 2.16. The van der Waals surface area contributed by atoms with Crippen LogP contribution in [0, 0.1) is 5.41 Å². The first-order valence-electron chi connectivity index (χ1n) is 6.28. The average Bonchev–Trinajstić information content (AvgIpc) is 2.26. The van der Waals surface area contributed by atoms with Gasteiger partial charge >= 0.3 is 0 Å². The van der Waals surface area contributed by atoms with E-state index in [0.717, 1.165) is 11.4 Å². The summed E-state index contributed by atoms with van der Waals surface area (Å²) in [5, 5.41) is 11.2. The van der Waals surface area contributed by atoms with Crippen LogP contribution in [0.25, 0.3) is 0 Å². The van der Waals surface area contributed by atoms with E-state index in [1.165, 1.54) is 5.56 Å². The molecule has 0 fully saturated rings. The molecule has 2 atom stereocenters. The van der Waals surface area contributed by atoms with Gasteiger partial charge in [-0.3, -0.25) is 0 Å². The van der Waals surface area contributed by atoms with Crippen molar-refractivity contribution in [3.05, 3.63) is 34.9 Å². The first-order chi connectivity index (χ1) is 8.17. The summed E-state index contributed by atoms with van der Waals surface area (Å²) in [5.41, 5.74) is 0.0359. The van der Waals surface area contributed by atoms with Crippen LogP contribution in [0.4, 0.5) is 0 Å². The molecule has 0 aliphatic heterocycles. The molecule has 0 bridgehead atoms. The van der Waals surface area contributed by atoms with Gasteiger partial charge in [0.2, 0.25) is 0 Å². The Labute approximate surface area is 120 Å². The first-order valence-corrected chi connectivity index (χ1v) is 7.09. The number of alkyl halides is 1. The Hall–Kier alpha value is -0.240. The molecular formula is C15H22Cl2O. The van der Waals surface area contributed by atoms with Crippen LogP contribution in [0.1, 0.15) is 39.7 Å². The molecule has 1 nitrogen and oxygen atoms in total. The second-order valence-corrected chi connectivity index (χ2v) is 7.01. The molecule has 1 aromatic rings. The van der Waals surface area contributed by atoms with E-state index in [4.69, 9.17) is 23.2 Å². The van der Waals surface area contributed by atoms with Crippen molar-refractivity contribution in [3.8, 4) is 0 Å². The molecular weight excluding hydrogens is 267 g/mol. The number of rotatable bonds is 4. The highest BCUT2D eigenvalue weighted by Gasteiger charge is 2.43. The molecule has 2 unspecified atom stereocenters. The molecule has 0 aliphatic rings. The summed E-state index contributed by atoms with van der Waals surface area (Å²) in [6.07, 6.45) is 1.44. The number of hydrogen-bond donors (Lipinski definition) is 1. The fourth-order valence-corrected chi connectivity index (χ4v) is 2.72. The van der Waals surface area contributed by atoms with Gasteiger partial charge in [0.15, 0.2) is 0 Å². The van der Waals surface area contributed by atoms with Gasteiger partial charge in [-0.05, 0) is 42.9 Å². The Morgan fingerprint density at radius 1 is 1.17 bits per heavy atom. The normalized spacial score (nSPS) is 17.3. The van der Waals surface area contributed by atoms with Gasteiger partial charge in [-0.15, -0.1) is 11.6 Å². The van der Waals surface area contributed by atoms with Gasteiger partial charge in [0.25, 0.3) is 0 Å². The Bertz CT molecular complexity index is 378. The van der Waals surface area contributed by atoms with Crippen LogP contribution in [-0.4, -0.2) is 16.1 Å². The highest BCUT2D eigenvalue weighted by molar-refractivity contribution is 6.30. The maximum Gasteiger partial charge on any atom is 0.0858 e. The van der Waals surface area contributed by atoms with E-state index >= 15 is 0 Å². The van der Waals surface area contributed by atoms with E-state index in [1.54, 1.807) is 0 Å². The van der Waals surface area contributed by atoms with Gasteiger partial charge in [-0.25, -0.2) is 0 Å². The predicted molar refractivity (Wildman–Crippen MR) is 79.5 cm³/mol. The highest BCUT2D eigenvalue weighted by atomic mass is 35.5. The van der Waals surface area contributed by atoms with E-state index in [2.05, 4.69) is 0 Å². The number of halogens is 2. The van der Waals surface area contributed by atoms with Crippen LogP contribution in [0.5, 0.6) is 0 Å². The number of aryl methyl sites for hydroxylation is 1. The van der Waals surface area contributed by atoms with Crippen molar-refractivity contribution in [3.63, 3.8) is 0 Å². The molecule has 0 heterocycles. The van der Waals surface area contributed by atoms with Crippen LogP contribution in [-0.2, 0) is 6.42 Å². The molecule has 0 amide bonds. The monoisotopic (exact) mass is 288 g/mol. The third-order valence-electron chi connectivity index (χ3n) is 3.66. The van der Waals surface area contributed by atoms with Gasteiger partial charge in [0.05, 0.1) is 11.0 Å². The standard InChI is InChI=1S/C15H22Cl2O/c1-11(16)15(18,14(2,3)4)10-9-12-5-7-13(17)8-6-12/h5-8,11,18H,9-10H2,1-4H3. The number of hydrogen-bond acceptors (Lipinski definition) is 1. The molecule has 1 N–H and O–H groups in total. The van der Waals surface area contributed by atoms with Crippen LogP contribution in [0.3, 0.4) is 0 Å². The predicted octanol–water partition coefficient (Wildman–Crippen LogP) is 4.68. The molecule has 0 radical (unpaired) electrons. The molecule has 18 heavy (non-hydrogen) atoms. The van der Waals surface area contributed by atoms with E-state index in [9.17, 15) is 5.11 Å². The smallest absolute Gasteiger partial charge is 0.0858 e. The lowest BCUT2D eigenvalue weighted by molar-refractivity contribution is -0.0638. The molecule has 0 saturated heterocycles. The topological polar surface area (TPSA) is 20.2 Å². The molecule has 0 spiro atoms. The zero-order chi connectivity index (χ0) is 14.0. The Kier molecular flexibility index (Phi) is 5.11. The van der Waals surface area contributed by atoms with Gasteiger partial charge in [0, 0.05) is 5.02 Å². The van der Waals surface area contributed by atoms with Gasteiger partial charge < -0.3 is 5.11 Å². The summed E-state index contributed by atoms with van der Waals surface area (Å²) in [4.78, 5) is 0. The second-order valence-electron chi connectivity index (χ2n) is 5.92. The van der Waals surface area contributed by atoms with Crippen molar-refractivity contribution in [2.75, 3.05) is 0 Å². The number of benzene rings is 1. The van der Waals surface area contributed by atoms with Crippen LogP contribution in [0.2, 0.25) is 5.02 Å². The lowest BCUT2D eigenvalue weighted by Crippen LogP contribution is -2.49. The third kappa shape index (κ3) is 3.63. The lowest BCUT2D eigenvalue weighted by Gasteiger charge is -2.42. The molecule has 0 aliphatic carbocycles. The minimum Gasteiger partial charge on any atom is -0.388 e. The van der Waals surface area contributed by atoms with Crippen LogP contribution >= 0.6 is 23.2 Å². The van der Waals surface area contributed by atoms with Crippen molar-refractivity contribution in [2.24, 2.45) is 5.41 Å². The molecule has 1 rings (SSSR count). The zero-order valence-electron chi connectivity index (χ0n) is 11.5. The lowest BCUT2D eigenvalue weighted by atomic mass is 9.71. The second kappa shape index (κ2) is 5.81. The Morgan fingerprint density at radius 2 is 1.67 bits per heavy atom. The SMILES string of the molecule is CC(Cl)C(O)(CCc1ccc(Cl)cc1)C(C)(C)C.